The van der Waals surface area contributed by atoms with Gasteiger partial charge in [-0.25, -0.2) is 8.42 Å². The third kappa shape index (κ3) is 4.17. The SMILES string of the molecule is COc1ccc(Oc2ccc(S(=O)(=O)N3CCC(CN)CC3)cc2)cc1. The van der Waals surface area contributed by atoms with Gasteiger partial charge < -0.3 is 15.2 Å². The van der Waals surface area contributed by atoms with E-state index in [1.807, 2.05) is 0 Å². The van der Waals surface area contributed by atoms with Crippen LogP contribution in [0.2, 0.25) is 0 Å². The lowest BCUT2D eigenvalue weighted by atomic mass is 9.99. The Morgan fingerprint density at radius 1 is 0.962 bits per heavy atom. The van der Waals surface area contributed by atoms with Crippen molar-refractivity contribution in [2.24, 2.45) is 11.7 Å². The highest BCUT2D eigenvalue weighted by Gasteiger charge is 2.28. The number of hydrogen-bond donors (Lipinski definition) is 1. The number of sulfonamides is 1. The average molecular weight is 376 g/mol. The standard InChI is InChI=1S/C19H24N2O4S/c1-24-16-2-4-17(5-3-16)25-18-6-8-19(9-7-18)26(22,23)21-12-10-15(14-20)11-13-21/h2-9,15H,10-14,20H2,1H3. The summed E-state index contributed by atoms with van der Waals surface area (Å²) >= 11 is 0. The van der Waals surface area contributed by atoms with Gasteiger partial charge in [0.05, 0.1) is 12.0 Å². The van der Waals surface area contributed by atoms with Gasteiger partial charge in [-0.1, -0.05) is 0 Å². The van der Waals surface area contributed by atoms with Gasteiger partial charge in [-0.05, 0) is 73.8 Å². The monoisotopic (exact) mass is 376 g/mol. The summed E-state index contributed by atoms with van der Waals surface area (Å²) in [6, 6.07) is 13.7. The van der Waals surface area contributed by atoms with Gasteiger partial charge in [-0.15, -0.1) is 0 Å². The molecule has 1 aliphatic heterocycles. The number of ether oxygens (including phenoxy) is 2. The maximum atomic E-state index is 12.8. The first kappa shape index (κ1) is 18.7. The first-order chi connectivity index (χ1) is 12.5. The van der Waals surface area contributed by atoms with Gasteiger partial charge in [0, 0.05) is 13.1 Å². The van der Waals surface area contributed by atoms with Crippen LogP contribution < -0.4 is 15.2 Å². The number of piperidine rings is 1. The molecule has 0 amide bonds. The molecule has 1 heterocycles. The minimum absolute atomic E-state index is 0.283. The molecule has 1 fully saturated rings. The van der Waals surface area contributed by atoms with Crippen molar-refractivity contribution in [2.45, 2.75) is 17.7 Å². The molecule has 0 radical (unpaired) electrons. The van der Waals surface area contributed by atoms with E-state index in [0.29, 0.717) is 37.1 Å². The van der Waals surface area contributed by atoms with Crippen LogP contribution in [0.3, 0.4) is 0 Å². The van der Waals surface area contributed by atoms with Crippen molar-refractivity contribution in [3.8, 4) is 17.2 Å². The summed E-state index contributed by atoms with van der Waals surface area (Å²) in [6.07, 6.45) is 1.63. The van der Waals surface area contributed by atoms with Crippen LogP contribution in [0.25, 0.3) is 0 Å². The lowest BCUT2D eigenvalue weighted by Gasteiger charge is -2.30. The Kier molecular flexibility index (Phi) is 5.80. The molecule has 0 aliphatic carbocycles. The number of benzene rings is 2. The number of hydrogen-bond acceptors (Lipinski definition) is 5. The molecule has 0 aromatic heterocycles. The maximum absolute atomic E-state index is 12.8. The summed E-state index contributed by atoms with van der Waals surface area (Å²) in [6.45, 7) is 1.66. The molecular formula is C19H24N2O4S. The lowest BCUT2D eigenvalue weighted by molar-refractivity contribution is 0.278. The van der Waals surface area contributed by atoms with Crippen molar-refractivity contribution in [2.75, 3.05) is 26.7 Å². The van der Waals surface area contributed by atoms with Gasteiger partial charge in [0.25, 0.3) is 0 Å². The summed E-state index contributed by atoms with van der Waals surface area (Å²) in [7, 11) is -1.87. The molecule has 6 nitrogen and oxygen atoms in total. The Morgan fingerprint density at radius 3 is 1.96 bits per heavy atom. The fraction of sp³-hybridized carbons (Fsp3) is 0.368. The summed E-state index contributed by atoms with van der Waals surface area (Å²) in [4.78, 5) is 0.283. The molecule has 2 N–H and O–H groups in total. The van der Waals surface area contributed by atoms with Crippen molar-refractivity contribution in [3.05, 3.63) is 48.5 Å². The fourth-order valence-corrected chi connectivity index (χ4v) is 4.46. The maximum Gasteiger partial charge on any atom is 0.243 e. The van der Waals surface area contributed by atoms with Crippen LogP contribution in [0.15, 0.2) is 53.4 Å². The van der Waals surface area contributed by atoms with Crippen molar-refractivity contribution in [1.29, 1.82) is 0 Å². The summed E-state index contributed by atoms with van der Waals surface area (Å²) in [5, 5.41) is 0. The van der Waals surface area contributed by atoms with Crippen LogP contribution in [-0.4, -0.2) is 39.5 Å². The van der Waals surface area contributed by atoms with E-state index in [1.165, 1.54) is 0 Å². The van der Waals surface area contributed by atoms with Crippen molar-refractivity contribution < 1.29 is 17.9 Å². The molecule has 1 aliphatic rings. The van der Waals surface area contributed by atoms with Crippen LogP contribution >= 0.6 is 0 Å². The Bertz CT molecular complexity index is 812. The smallest absolute Gasteiger partial charge is 0.243 e. The summed E-state index contributed by atoms with van der Waals surface area (Å²) in [5.41, 5.74) is 5.68. The molecule has 26 heavy (non-hydrogen) atoms. The van der Waals surface area contributed by atoms with Crippen LogP contribution in [-0.2, 0) is 10.0 Å². The third-order valence-corrected chi connectivity index (χ3v) is 6.58. The average Bonchev–Trinajstić information content (AvgIpc) is 2.69. The van der Waals surface area contributed by atoms with Crippen LogP contribution in [0.4, 0.5) is 0 Å². The molecule has 0 unspecified atom stereocenters. The minimum atomic E-state index is -3.47. The number of nitrogens with two attached hydrogens (primary N) is 1. The first-order valence-electron chi connectivity index (χ1n) is 8.65. The fourth-order valence-electron chi connectivity index (χ4n) is 2.99. The molecule has 3 rings (SSSR count). The van der Waals surface area contributed by atoms with Gasteiger partial charge in [0.1, 0.15) is 17.2 Å². The first-order valence-corrected chi connectivity index (χ1v) is 10.1. The Balaban J connectivity index is 1.68. The molecule has 7 heteroatoms. The van der Waals surface area contributed by atoms with E-state index in [0.717, 1.165) is 18.6 Å². The van der Waals surface area contributed by atoms with Crippen LogP contribution in [0.1, 0.15) is 12.8 Å². The highest BCUT2D eigenvalue weighted by molar-refractivity contribution is 7.89. The second-order valence-corrected chi connectivity index (χ2v) is 8.27. The zero-order valence-corrected chi connectivity index (χ0v) is 15.6. The molecule has 2 aromatic rings. The molecular weight excluding hydrogens is 352 g/mol. The van der Waals surface area contributed by atoms with Crippen LogP contribution in [0.5, 0.6) is 17.2 Å². The van der Waals surface area contributed by atoms with Crippen LogP contribution in [0, 0.1) is 5.92 Å². The number of methoxy groups -OCH3 is 1. The van der Waals surface area contributed by atoms with Gasteiger partial charge in [-0.2, -0.15) is 4.31 Å². The predicted molar refractivity (Wildman–Crippen MR) is 100 cm³/mol. The number of nitrogens with zero attached hydrogens (tertiary/aromatic N) is 1. The quantitative estimate of drug-likeness (QED) is 0.838. The van der Waals surface area contributed by atoms with E-state index < -0.39 is 10.0 Å². The highest BCUT2D eigenvalue weighted by Crippen LogP contribution is 2.27. The van der Waals surface area contributed by atoms with Crippen molar-refractivity contribution in [1.82, 2.24) is 4.31 Å². The third-order valence-electron chi connectivity index (χ3n) is 4.66. The minimum Gasteiger partial charge on any atom is -0.497 e. The van der Waals surface area contributed by atoms with Crippen molar-refractivity contribution in [3.63, 3.8) is 0 Å². The zero-order valence-electron chi connectivity index (χ0n) is 14.8. The van der Waals surface area contributed by atoms with Gasteiger partial charge in [-0.3, -0.25) is 0 Å². The Hall–Kier alpha value is -2.09. The molecule has 1 saturated heterocycles. The molecule has 140 valence electrons. The highest BCUT2D eigenvalue weighted by atomic mass is 32.2. The second kappa shape index (κ2) is 8.07. The lowest BCUT2D eigenvalue weighted by Crippen LogP contribution is -2.39. The van der Waals surface area contributed by atoms with Gasteiger partial charge in [0.2, 0.25) is 10.0 Å². The summed E-state index contributed by atoms with van der Waals surface area (Å²) < 4.78 is 37.9. The predicted octanol–water partition coefficient (Wildman–Crippen LogP) is 2.85. The van der Waals surface area contributed by atoms with E-state index in [-0.39, 0.29) is 4.90 Å². The molecule has 0 saturated carbocycles. The Morgan fingerprint density at radius 2 is 1.46 bits per heavy atom. The summed E-state index contributed by atoms with van der Waals surface area (Å²) in [5.74, 6) is 2.40. The van der Waals surface area contributed by atoms with E-state index in [1.54, 1.807) is 59.9 Å². The topological polar surface area (TPSA) is 81.9 Å². The van der Waals surface area contributed by atoms with E-state index in [2.05, 4.69) is 0 Å². The molecule has 2 aromatic carbocycles. The van der Waals surface area contributed by atoms with E-state index in [4.69, 9.17) is 15.2 Å². The van der Waals surface area contributed by atoms with Crippen molar-refractivity contribution >= 4 is 10.0 Å². The Labute approximate surface area is 154 Å². The molecule has 0 atom stereocenters. The van der Waals surface area contributed by atoms with E-state index in [9.17, 15) is 8.42 Å². The van der Waals surface area contributed by atoms with Gasteiger partial charge in [0.15, 0.2) is 0 Å². The molecule has 0 bridgehead atoms. The molecule has 0 spiro atoms. The largest absolute Gasteiger partial charge is 0.497 e. The normalized spacial score (nSPS) is 16.4. The number of rotatable bonds is 6. The second-order valence-electron chi connectivity index (χ2n) is 6.33. The van der Waals surface area contributed by atoms with E-state index >= 15 is 0 Å². The zero-order chi connectivity index (χ0) is 18.6. The van der Waals surface area contributed by atoms with Gasteiger partial charge >= 0.3 is 0 Å².